The van der Waals surface area contributed by atoms with Crippen molar-refractivity contribution in [3.63, 3.8) is 0 Å². The molecule has 33 heavy (non-hydrogen) atoms. The Morgan fingerprint density at radius 3 is 2.24 bits per heavy atom. The molecule has 1 N–H and O–H groups in total. The number of hydrogen-bond donors (Lipinski definition) is 1. The van der Waals surface area contributed by atoms with Crippen molar-refractivity contribution in [1.82, 2.24) is 0 Å². The van der Waals surface area contributed by atoms with Gasteiger partial charge in [-0.2, -0.15) is 0 Å². The molecule has 0 aromatic heterocycles. The summed E-state index contributed by atoms with van der Waals surface area (Å²) in [4.78, 5) is 12.4. The van der Waals surface area contributed by atoms with Gasteiger partial charge in [0, 0.05) is 17.4 Å². The lowest BCUT2D eigenvalue weighted by molar-refractivity contribution is -0.274. The van der Waals surface area contributed by atoms with E-state index < -0.39 is 38.7 Å². The molecule has 174 valence electrons. The van der Waals surface area contributed by atoms with Gasteiger partial charge in [0.1, 0.15) is 5.75 Å². The van der Waals surface area contributed by atoms with Crippen LogP contribution in [0.3, 0.4) is 0 Å². The molecule has 0 spiro atoms. The van der Waals surface area contributed by atoms with Gasteiger partial charge < -0.3 is 10.1 Å². The zero-order valence-corrected chi connectivity index (χ0v) is 18.5. The number of carbonyl (C=O) groups excluding carboxylic acids is 1. The first-order chi connectivity index (χ1) is 15.3. The van der Waals surface area contributed by atoms with Crippen molar-refractivity contribution in [2.45, 2.75) is 17.7 Å². The first kappa shape index (κ1) is 24.5. The maximum absolute atomic E-state index is 14.8. The summed E-state index contributed by atoms with van der Waals surface area (Å²) in [5.41, 5.74) is 0.0860. The van der Waals surface area contributed by atoms with Gasteiger partial charge in [0.15, 0.2) is 15.7 Å². The third kappa shape index (κ3) is 6.23. The molecule has 11 heteroatoms. The van der Waals surface area contributed by atoms with Crippen molar-refractivity contribution in [3.05, 3.63) is 77.1 Å². The lowest BCUT2D eigenvalue weighted by Crippen LogP contribution is -2.17. The van der Waals surface area contributed by atoms with Gasteiger partial charge in [-0.15, -0.1) is 13.2 Å². The number of sulfone groups is 1. The minimum atomic E-state index is -4.95. The fourth-order valence-electron chi connectivity index (χ4n) is 2.99. The molecule has 0 aliphatic carbocycles. The van der Waals surface area contributed by atoms with Crippen molar-refractivity contribution < 1.29 is 35.5 Å². The van der Waals surface area contributed by atoms with Crippen molar-refractivity contribution >= 4 is 33.0 Å². The predicted octanol–water partition coefficient (Wildman–Crippen LogP) is 5.63. The van der Waals surface area contributed by atoms with E-state index in [1.165, 1.54) is 54.6 Å². The molecule has 5 nitrogen and oxygen atoms in total. The number of rotatable bonds is 6. The van der Waals surface area contributed by atoms with E-state index in [0.29, 0.717) is 5.56 Å². The number of ether oxygens (including phenoxy) is 1. The highest BCUT2D eigenvalue weighted by atomic mass is 35.5. The average Bonchev–Trinajstić information content (AvgIpc) is 2.71. The quantitative estimate of drug-likeness (QED) is 0.444. The molecular weight excluding hydrogens is 486 g/mol. The average molecular weight is 502 g/mol. The molecule has 0 aliphatic heterocycles. The van der Waals surface area contributed by atoms with E-state index >= 15 is 0 Å². The molecule has 0 saturated carbocycles. The normalized spacial score (nSPS) is 11.8. The van der Waals surface area contributed by atoms with Crippen molar-refractivity contribution in [2.75, 3.05) is 11.6 Å². The van der Waals surface area contributed by atoms with Crippen LogP contribution < -0.4 is 10.1 Å². The maximum atomic E-state index is 14.8. The molecule has 0 aliphatic rings. The van der Waals surface area contributed by atoms with Gasteiger partial charge in [-0.25, -0.2) is 12.8 Å². The molecule has 3 rings (SSSR count). The van der Waals surface area contributed by atoms with Crippen LogP contribution in [0.5, 0.6) is 5.75 Å². The lowest BCUT2D eigenvalue weighted by atomic mass is 10.0. The molecule has 3 aromatic rings. The van der Waals surface area contributed by atoms with Gasteiger partial charge in [0.05, 0.1) is 22.0 Å². The second-order valence-electron chi connectivity index (χ2n) is 6.97. The molecule has 0 heterocycles. The largest absolute Gasteiger partial charge is 0.573 e. The summed E-state index contributed by atoms with van der Waals surface area (Å²) in [7, 11) is -3.38. The Morgan fingerprint density at radius 2 is 1.64 bits per heavy atom. The van der Waals surface area contributed by atoms with Gasteiger partial charge in [-0.05, 0) is 29.8 Å². The Bertz CT molecular complexity index is 1290. The third-order valence-electron chi connectivity index (χ3n) is 4.48. The van der Waals surface area contributed by atoms with Crippen LogP contribution in [0.2, 0.25) is 5.02 Å². The van der Waals surface area contributed by atoms with Crippen LogP contribution in [0.25, 0.3) is 11.1 Å². The predicted molar refractivity (Wildman–Crippen MR) is 115 cm³/mol. The third-order valence-corrected chi connectivity index (χ3v) is 5.97. The Hall–Kier alpha value is -3.11. The molecule has 3 aromatic carbocycles. The highest BCUT2D eigenvalue weighted by Crippen LogP contribution is 2.39. The van der Waals surface area contributed by atoms with Crippen LogP contribution in [0, 0.1) is 5.82 Å². The van der Waals surface area contributed by atoms with Crippen LogP contribution >= 0.6 is 11.6 Å². The van der Waals surface area contributed by atoms with Gasteiger partial charge in [-0.1, -0.05) is 48.0 Å². The summed E-state index contributed by atoms with van der Waals surface area (Å²) < 4.78 is 79.8. The molecule has 0 bridgehead atoms. The van der Waals surface area contributed by atoms with Gasteiger partial charge in [0.25, 0.3) is 0 Å². The Morgan fingerprint density at radius 1 is 1.00 bits per heavy atom. The van der Waals surface area contributed by atoms with E-state index in [1.807, 2.05) is 0 Å². The minimum absolute atomic E-state index is 0.0524. The number of para-hydroxylation sites is 1. The summed E-state index contributed by atoms with van der Waals surface area (Å²) in [6, 6.07) is 13.2. The number of amides is 1. The topological polar surface area (TPSA) is 72.5 Å². The van der Waals surface area contributed by atoms with E-state index in [1.54, 1.807) is 0 Å². The van der Waals surface area contributed by atoms with Gasteiger partial charge in [0.2, 0.25) is 5.91 Å². The summed E-state index contributed by atoms with van der Waals surface area (Å²) >= 11 is 6.06. The van der Waals surface area contributed by atoms with Gasteiger partial charge in [-0.3, -0.25) is 4.79 Å². The van der Waals surface area contributed by atoms with Crippen LogP contribution in [0.4, 0.5) is 23.2 Å². The molecule has 0 fully saturated rings. The fourth-order valence-corrected chi connectivity index (χ4v) is 3.89. The number of hydrogen-bond acceptors (Lipinski definition) is 4. The van der Waals surface area contributed by atoms with Crippen LogP contribution in [-0.4, -0.2) is 26.9 Å². The van der Waals surface area contributed by atoms with Crippen LogP contribution in [0.1, 0.15) is 5.56 Å². The van der Waals surface area contributed by atoms with E-state index in [0.717, 1.165) is 12.3 Å². The highest BCUT2D eigenvalue weighted by Gasteiger charge is 2.32. The van der Waals surface area contributed by atoms with E-state index in [9.17, 15) is 30.8 Å². The van der Waals surface area contributed by atoms with Gasteiger partial charge >= 0.3 is 6.36 Å². The second-order valence-corrected chi connectivity index (χ2v) is 9.37. The van der Waals surface area contributed by atoms with E-state index in [-0.39, 0.29) is 28.1 Å². The smallest absolute Gasteiger partial charge is 0.405 e. The van der Waals surface area contributed by atoms with E-state index in [4.69, 9.17) is 11.6 Å². The van der Waals surface area contributed by atoms with E-state index in [2.05, 4.69) is 10.1 Å². The van der Waals surface area contributed by atoms with Crippen LogP contribution in [-0.2, 0) is 21.1 Å². The molecule has 0 unspecified atom stereocenters. The van der Waals surface area contributed by atoms with Crippen molar-refractivity contribution in [2.24, 2.45) is 0 Å². The van der Waals surface area contributed by atoms with Crippen LogP contribution in [0.15, 0.2) is 65.6 Å². The second kappa shape index (κ2) is 9.40. The summed E-state index contributed by atoms with van der Waals surface area (Å²) in [6.45, 7) is 0. The number of carbonyl (C=O) groups is 1. The summed E-state index contributed by atoms with van der Waals surface area (Å²) in [6.07, 6.45) is -4.07. The molecule has 0 radical (unpaired) electrons. The highest BCUT2D eigenvalue weighted by molar-refractivity contribution is 7.90. The zero-order valence-electron chi connectivity index (χ0n) is 16.9. The SMILES string of the molecule is CS(=O)(=O)c1ccc(CC(=O)Nc2ccc(-c3ccccc3OC(F)(F)F)c(Cl)c2F)cc1. The van der Waals surface area contributed by atoms with Crippen molar-refractivity contribution in [3.8, 4) is 16.9 Å². The first-order valence-corrected chi connectivity index (χ1v) is 11.5. The summed E-state index contributed by atoms with van der Waals surface area (Å²) in [5, 5.41) is 1.85. The Kier molecular flexibility index (Phi) is 6.99. The number of alkyl halides is 3. The summed E-state index contributed by atoms with van der Waals surface area (Å²) in [5.74, 6) is -2.19. The zero-order chi connectivity index (χ0) is 24.4. The van der Waals surface area contributed by atoms with Crippen molar-refractivity contribution in [1.29, 1.82) is 0 Å². The Balaban J connectivity index is 1.81. The maximum Gasteiger partial charge on any atom is 0.573 e. The molecule has 0 saturated heterocycles. The molecule has 1 amide bonds. The fraction of sp³-hybridized carbons (Fsp3) is 0.136. The lowest BCUT2D eigenvalue weighted by Gasteiger charge is -2.15. The first-order valence-electron chi connectivity index (χ1n) is 9.27. The standard InChI is InChI=1S/C22H16ClF4NO4S/c1-33(30,31)14-8-6-13(7-9-14)12-19(29)28-17-11-10-16(20(23)21(17)24)15-4-2-3-5-18(15)32-22(25,26)27/h2-11H,12H2,1H3,(H,28,29). The molecular formula is C22H16ClF4NO4S. The number of benzene rings is 3. The minimum Gasteiger partial charge on any atom is -0.405 e. The molecule has 0 atom stereocenters. The monoisotopic (exact) mass is 501 g/mol. The number of nitrogens with one attached hydrogen (secondary N) is 1. The Labute approximate surface area is 191 Å². The number of anilines is 1. The number of halogens is 5.